The van der Waals surface area contributed by atoms with E-state index in [0.717, 1.165) is 30.7 Å². The Kier molecular flexibility index (Phi) is 4.74. The molecule has 3 aromatic rings. The first-order chi connectivity index (χ1) is 12.8. The molecule has 8 nitrogen and oxygen atoms in total. The van der Waals surface area contributed by atoms with Gasteiger partial charge in [-0.3, -0.25) is 4.79 Å². The summed E-state index contributed by atoms with van der Waals surface area (Å²) in [4.78, 5) is 12.3. The standard InChI is InChI=1S/C18H20N6O2/c25-18(17-13-23(22-21-17)12-16-6-2-9-26-16)19-11-14-4-1-5-15(10-14)24-8-3-7-20-24/h1,3-5,7-8,10,13,16H,2,6,9,11-12H2,(H,19,25). The summed E-state index contributed by atoms with van der Waals surface area (Å²) < 4.78 is 9.03. The predicted molar refractivity (Wildman–Crippen MR) is 93.7 cm³/mol. The molecule has 1 amide bonds. The Morgan fingerprint density at radius 2 is 2.31 bits per heavy atom. The normalized spacial score (nSPS) is 16.7. The van der Waals surface area contributed by atoms with E-state index in [9.17, 15) is 4.79 Å². The zero-order valence-corrected chi connectivity index (χ0v) is 14.3. The molecule has 0 radical (unpaired) electrons. The first-order valence-electron chi connectivity index (χ1n) is 8.67. The van der Waals surface area contributed by atoms with Crippen molar-refractivity contribution >= 4 is 5.91 Å². The van der Waals surface area contributed by atoms with Crippen LogP contribution in [0.2, 0.25) is 0 Å². The van der Waals surface area contributed by atoms with Crippen LogP contribution in [-0.4, -0.2) is 43.4 Å². The van der Waals surface area contributed by atoms with Crippen LogP contribution in [-0.2, 0) is 17.8 Å². The molecule has 0 spiro atoms. The third kappa shape index (κ3) is 3.80. The van der Waals surface area contributed by atoms with Gasteiger partial charge in [0, 0.05) is 25.5 Å². The van der Waals surface area contributed by atoms with Crippen LogP contribution < -0.4 is 5.32 Å². The summed E-state index contributed by atoms with van der Waals surface area (Å²) in [6.45, 7) is 1.84. The molecule has 1 aliphatic heterocycles. The highest BCUT2D eigenvalue weighted by Gasteiger charge is 2.18. The molecular formula is C18H20N6O2. The molecule has 1 N–H and O–H groups in total. The topological polar surface area (TPSA) is 86.9 Å². The van der Waals surface area contributed by atoms with E-state index in [1.54, 1.807) is 21.8 Å². The Morgan fingerprint density at radius 1 is 1.35 bits per heavy atom. The lowest BCUT2D eigenvalue weighted by molar-refractivity contribution is 0.0929. The SMILES string of the molecule is O=C(NCc1cccc(-n2cccn2)c1)c1cn(CC2CCCO2)nn1. The van der Waals surface area contributed by atoms with Crippen LogP contribution in [0.1, 0.15) is 28.9 Å². The van der Waals surface area contributed by atoms with Crippen molar-refractivity contribution < 1.29 is 9.53 Å². The smallest absolute Gasteiger partial charge is 0.273 e. The summed E-state index contributed by atoms with van der Waals surface area (Å²) in [7, 11) is 0. The number of benzene rings is 1. The number of hydrogen-bond donors (Lipinski definition) is 1. The van der Waals surface area contributed by atoms with E-state index in [0.29, 0.717) is 18.8 Å². The van der Waals surface area contributed by atoms with Gasteiger partial charge in [-0.05, 0) is 36.6 Å². The second-order valence-electron chi connectivity index (χ2n) is 6.26. The Balaban J connectivity index is 1.35. The van der Waals surface area contributed by atoms with Gasteiger partial charge in [0.1, 0.15) is 0 Å². The van der Waals surface area contributed by atoms with Crippen molar-refractivity contribution in [1.82, 2.24) is 30.1 Å². The van der Waals surface area contributed by atoms with Gasteiger partial charge >= 0.3 is 0 Å². The number of amides is 1. The maximum Gasteiger partial charge on any atom is 0.273 e. The van der Waals surface area contributed by atoms with Crippen molar-refractivity contribution in [2.75, 3.05) is 6.61 Å². The quantitative estimate of drug-likeness (QED) is 0.728. The van der Waals surface area contributed by atoms with E-state index in [1.807, 2.05) is 36.5 Å². The molecule has 1 aromatic carbocycles. The maximum absolute atomic E-state index is 12.3. The molecule has 1 saturated heterocycles. The Labute approximate surface area is 150 Å². The lowest BCUT2D eigenvalue weighted by Gasteiger charge is -2.07. The highest BCUT2D eigenvalue weighted by atomic mass is 16.5. The fraction of sp³-hybridized carbons (Fsp3) is 0.333. The van der Waals surface area contributed by atoms with Gasteiger partial charge in [0.05, 0.1) is 24.5 Å². The second-order valence-corrected chi connectivity index (χ2v) is 6.26. The van der Waals surface area contributed by atoms with Gasteiger partial charge < -0.3 is 10.1 Å². The second kappa shape index (κ2) is 7.49. The number of carbonyl (C=O) groups is 1. The van der Waals surface area contributed by atoms with Crippen molar-refractivity contribution in [3.8, 4) is 5.69 Å². The monoisotopic (exact) mass is 352 g/mol. The lowest BCUT2D eigenvalue weighted by atomic mass is 10.2. The summed E-state index contributed by atoms with van der Waals surface area (Å²) >= 11 is 0. The van der Waals surface area contributed by atoms with Gasteiger partial charge in [-0.1, -0.05) is 17.3 Å². The molecule has 0 saturated carbocycles. The third-order valence-electron chi connectivity index (χ3n) is 4.32. The first kappa shape index (κ1) is 16.5. The van der Waals surface area contributed by atoms with E-state index in [1.165, 1.54) is 0 Å². The van der Waals surface area contributed by atoms with E-state index in [-0.39, 0.29) is 12.0 Å². The summed E-state index contributed by atoms with van der Waals surface area (Å²) in [6.07, 6.45) is 7.53. The predicted octanol–water partition coefficient (Wildman–Crippen LogP) is 1.57. The van der Waals surface area contributed by atoms with Crippen molar-refractivity contribution in [3.63, 3.8) is 0 Å². The minimum atomic E-state index is -0.243. The number of carbonyl (C=O) groups excluding carboxylic acids is 1. The van der Waals surface area contributed by atoms with Crippen LogP contribution in [0.15, 0.2) is 48.9 Å². The minimum absolute atomic E-state index is 0.164. The highest BCUT2D eigenvalue weighted by molar-refractivity contribution is 5.91. The van der Waals surface area contributed by atoms with Crippen molar-refractivity contribution in [2.24, 2.45) is 0 Å². The fourth-order valence-electron chi connectivity index (χ4n) is 2.99. The summed E-state index contributed by atoms with van der Waals surface area (Å²) in [5.74, 6) is -0.243. The molecular weight excluding hydrogens is 332 g/mol. The lowest BCUT2D eigenvalue weighted by Crippen LogP contribution is -2.23. The average molecular weight is 352 g/mol. The molecule has 134 valence electrons. The molecule has 26 heavy (non-hydrogen) atoms. The third-order valence-corrected chi connectivity index (χ3v) is 4.32. The number of rotatable bonds is 6. The van der Waals surface area contributed by atoms with Crippen LogP contribution in [0.3, 0.4) is 0 Å². The first-order valence-corrected chi connectivity index (χ1v) is 8.67. The van der Waals surface area contributed by atoms with Gasteiger partial charge in [0.25, 0.3) is 5.91 Å². The molecule has 0 aliphatic carbocycles. The zero-order valence-electron chi connectivity index (χ0n) is 14.3. The molecule has 1 atom stereocenters. The van der Waals surface area contributed by atoms with E-state index < -0.39 is 0 Å². The van der Waals surface area contributed by atoms with Crippen LogP contribution >= 0.6 is 0 Å². The van der Waals surface area contributed by atoms with Gasteiger partial charge in [0.15, 0.2) is 5.69 Å². The van der Waals surface area contributed by atoms with Crippen LogP contribution in [0.25, 0.3) is 5.69 Å². The highest BCUT2D eigenvalue weighted by Crippen LogP contribution is 2.13. The molecule has 3 heterocycles. The van der Waals surface area contributed by atoms with Gasteiger partial charge in [-0.15, -0.1) is 5.10 Å². The summed E-state index contributed by atoms with van der Waals surface area (Å²) in [5.41, 5.74) is 2.24. The van der Waals surface area contributed by atoms with Crippen LogP contribution in [0.5, 0.6) is 0 Å². The molecule has 0 bridgehead atoms. The molecule has 1 aliphatic rings. The molecule has 4 rings (SSSR count). The van der Waals surface area contributed by atoms with E-state index in [4.69, 9.17) is 4.74 Å². The van der Waals surface area contributed by atoms with Gasteiger partial charge in [-0.25, -0.2) is 9.36 Å². The number of nitrogens with zero attached hydrogens (tertiary/aromatic N) is 5. The number of nitrogens with one attached hydrogen (secondary N) is 1. The van der Waals surface area contributed by atoms with Gasteiger partial charge in [-0.2, -0.15) is 5.10 Å². The van der Waals surface area contributed by atoms with E-state index >= 15 is 0 Å². The largest absolute Gasteiger partial charge is 0.376 e. The molecule has 8 heteroatoms. The number of ether oxygens (including phenoxy) is 1. The minimum Gasteiger partial charge on any atom is -0.376 e. The van der Waals surface area contributed by atoms with E-state index in [2.05, 4.69) is 20.7 Å². The van der Waals surface area contributed by atoms with Crippen molar-refractivity contribution in [1.29, 1.82) is 0 Å². The maximum atomic E-state index is 12.3. The van der Waals surface area contributed by atoms with Crippen LogP contribution in [0, 0.1) is 0 Å². The summed E-state index contributed by atoms with van der Waals surface area (Å²) in [5, 5.41) is 15.1. The van der Waals surface area contributed by atoms with Gasteiger partial charge in [0.2, 0.25) is 0 Å². The molecule has 1 unspecified atom stereocenters. The Bertz CT molecular complexity index is 867. The fourth-order valence-corrected chi connectivity index (χ4v) is 2.99. The Hall–Kier alpha value is -3.00. The molecule has 2 aromatic heterocycles. The van der Waals surface area contributed by atoms with Crippen molar-refractivity contribution in [2.45, 2.75) is 32.0 Å². The Morgan fingerprint density at radius 3 is 3.12 bits per heavy atom. The number of aromatic nitrogens is 5. The summed E-state index contributed by atoms with van der Waals surface area (Å²) in [6, 6.07) is 9.73. The zero-order chi connectivity index (χ0) is 17.8. The number of hydrogen-bond acceptors (Lipinski definition) is 5. The molecule has 1 fully saturated rings. The van der Waals surface area contributed by atoms with Crippen LogP contribution in [0.4, 0.5) is 0 Å². The van der Waals surface area contributed by atoms with Crippen molar-refractivity contribution in [3.05, 3.63) is 60.2 Å². The average Bonchev–Trinajstić information content (AvgIpc) is 3.42.